The second-order valence-electron chi connectivity index (χ2n) is 8.31. The SMILES string of the molecule is CC(c1ccc(S(C)(=O)=O)cc1)N(C)C(=O)C1CCN(C(=O)/C=C/c2ccccc2)CC1. The Hall–Kier alpha value is -2.93. The van der Waals surface area contributed by atoms with Crippen molar-refractivity contribution in [2.75, 3.05) is 26.4 Å². The molecule has 2 amide bonds. The van der Waals surface area contributed by atoms with Gasteiger partial charge in [0.05, 0.1) is 10.9 Å². The summed E-state index contributed by atoms with van der Waals surface area (Å²) < 4.78 is 23.3. The van der Waals surface area contributed by atoms with E-state index in [1.54, 1.807) is 47.2 Å². The first-order valence-electron chi connectivity index (χ1n) is 10.8. The van der Waals surface area contributed by atoms with Crippen LogP contribution in [-0.4, -0.2) is 56.4 Å². The van der Waals surface area contributed by atoms with Gasteiger partial charge in [0, 0.05) is 38.4 Å². The molecule has 0 radical (unpaired) electrons. The minimum absolute atomic E-state index is 0.0348. The molecule has 0 aliphatic carbocycles. The molecular weight excluding hydrogens is 424 g/mol. The van der Waals surface area contributed by atoms with Gasteiger partial charge < -0.3 is 9.80 Å². The fourth-order valence-electron chi connectivity index (χ4n) is 3.88. The molecule has 2 aromatic rings. The zero-order chi connectivity index (χ0) is 23.3. The van der Waals surface area contributed by atoms with E-state index in [-0.39, 0.29) is 28.7 Å². The number of carbonyl (C=O) groups is 2. The van der Waals surface area contributed by atoms with E-state index in [0.29, 0.717) is 25.9 Å². The van der Waals surface area contributed by atoms with Crippen LogP contribution in [0.4, 0.5) is 0 Å². The molecule has 0 saturated carbocycles. The highest BCUT2D eigenvalue weighted by molar-refractivity contribution is 7.90. The van der Waals surface area contributed by atoms with Gasteiger partial charge in [0.1, 0.15) is 0 Å². The first-order valence-corrected chi connectivity index (χ1v) is 12.6. The molecule has 1 fully saturated rings. The lowest BCUT2D eigenvalue weighted by atomic mass is 9.94. The summed E-state index contributed by atoms with van der Waals surface area (Å²) in [4.78, 5) is 29.3. The zero-order valence-electron chi connectivity index (χ0n) is 18.8. The van der Waals surface area contributed by atoms with Crippen LogP contribution < -0.4 is 0 Å². The predicted molar refractivity (Wildman–Crippen MR) is 126 cm³/mol. The van der Waals surface area contributed by atoms with Crippen molar-refractivity contribution in [1.29, 1.82) is 0 Å². The van der Waals surface area contributed by atoms with Crippen LogP contribution in [-0.2, 0) is 19.4 Å². The van der Waals surface area contributed by atoms with Gasteiger partial charge in [-0.05, 0) is 49.1 Å². The maximum absolute atomic E-state index is 13.0. The van der Waals surface area contributed by atoms with Gasteiger partial charge in [-0.3, -0.25) is 9.59 Å². The van der Waals surface area contributed by atoms with Gasteiger partial charge >= 0.3 is 0 Å². The highest BCUT2D eigenvalue weighted by Crippen LogP contribution is 2.26. The molecule has 1 aliphatic rings. The molecule has 1 aliphatic heterocycles. The van der Waals surface area contributed by atoms with Gasteiger partial charge in [0.2, 0.25) is 11.8 Å². The number of piperidine rings is 1. The maximum atomic E-state index is 13.0. The fourth-order valence-corrected chi connectivity index (χ4v) is 4.51. The van der Waals surface area contributed by atoms with Crippen LogP contribution in [0.15, 0.2) is 65.6 Å². The minimum atomic E-state index is -3.25. The average molecular weight is 455 g/mol. The summed E-state index contributed by atoms with van der Waals surface area (Å²) in [6, 6.07) is 16.2. The summed E-state index contributed by atoms with van der Waals surface area (Å²) in [6.07, 6.45) is 5.84. The highest BCUT2D eigenvalue weighted by Gasteiger charge is 2.30. The zero-order valence-corrected chi connectivity index (χ0v) is 19.6. The maximum Gasteiger partial charge on any atom is 0.246 e. The summed E-state index contributed by atoms with van der Waals surface area (Å²) in [5.41, 5.74) is 1.86. The molecule has 0 spiro atoms. The standard InChI is InChI=1S/C25H30N2O4S/c1-19(21-10-12-23(13-11-21)32(3,30)31)26(2)25(29)22-15-17-27(18-16-22)24(28)14-9-20-7-5-4-6-8-20/h4-14,19,22H,15-18H2,1-3H3/b14-9+. The topological polar surface area (TPSA) is 74.8 Å². The van der Waals surface area contributed by atoms with E-state index >= 15 is 0 Å². The number of carbonyl (C=O) groups excluding carboxylic acids is 2. The van der Waals surface area contributed by atoms with Crippen molar-refractivity contribution in [1.82, 2.24) is 9.80 Å². The van der Waals surface area contributed by atoms with Crippen LogP contribution >= 0.6 is 0 Å². The molecule has 2 aromatic carbocycles. The summed E-state index contributed by atoms with van der Waals surface area (Å²) >= 11 is 0. The number of benzene rings is 2. The van der Waals surface area contributed by atoms with E-state index in [1.165, 1.54) is 6.26 Å². The number of sulfone groups is 1. The molecule has 3 rings (SSSR count). The smallest absolute Gasteiger partial charge is 0.246 e. The van der Waals surface area contributed by atoms with Crippen molar-refractivity contribution in [3.63, 3.8) is 0 Å². The Labute approximate surface area is 190 Å². The van der Waals surface area contributed by atoms with E-state index in [0.717, 1.165) is 11.1 Å². The fraction of sp³-hybridized carbons (Fsp3) is 0.360. The van der Waals surface area contributed by atoms with E-state index in [2.05, 4.69) is 0 Å². The lowest BCUT2D eigenvalue weighted by Crippen LogP contribution is -2.43. The minimum Gasteiger partial charge on any atom is -0.339 e. The second-order valence-corrected chi connectivity index (χ2v) is 10.3. The first-order chi connectivity index (χ1) is 15.2. The Bertz CT molecular complexity index is 1070. The number of hydrogen-bond donors (Lipinski definition) is 0. The largest absolute Gasteiger partial charge is 0.339 e. The first kappa shape index (κ1) is 23.7. The van der Waals surface area contributed by atoms with Gasteiger partial charge in [-0.1, -0.05) is 42.5 Å². The lowest BCUT2D eigenvalue weighted by Gasteiger charge is -2.34. The molecule has 170 valence electrons. The van der Waals surface area contributed by atoms with Gasteiger partial charge in [-0.25, -0.2) is 8.42 Å². The third-order valence-electron chi connectivity index (χ3n) is 6.09. The van der Waals surface area contributed by atoms with Crippen molar-refractivity contribution in [3.8, 4) is 0 Å². The Kier molecular flexibility index (Phi) is 7.51. The average Bonchev–Trinajstić information content (AvgIpc) is 2.81. The van der Waals surface area contributed by atoms with E-state index in [4.69, 9.17) is 0 Å². The molecule has 1 saturated heterocycles. The molecule has 1 heterocycles. The molecule has 0 bridgehead atoms. The van der Waals surface area contributed by atoms with Crippen molar-refractivity contribution in [3.05, 3.63) is 71.8 Å². The molecule has 1 unspecified atom stereocenters. The van der Waals surface area contributed by atoms with Crippen LogP contribution in [0.3, 0.4) is 0 Å². The molecular formula is C25H30N2O4S. The molecule has 7 heteroatoms. The summed E-state index contributed by atoms with van der Waals surface area (Å²) in [6.45, 7) is 3.04. The van der Waals surface area contributed by atoms with Crippen LogP contribution in [0.5, 0.6) is 0 Å². The van der Waals surface area contributed by atoms with Gasteiger partial charge in [0.25, 0.3) is 0 Å². The number of hydrogen-bond acceptors (Lipinski definition) is 4. The predicted octanol–water partition coefficient (Wildman–Crippen LogP) is 3.56. The van der Waals surface area contributed by atoms with Gasteiger partial charge in [-0.2, -0.15) is 0 Å². The Balaban J connectivity index is 1.55. The van der Waals surface area contributed by atoms with Crippen molar-refractivity contribution in [2.45, 2.75) is 30.7 Å². The Morgan fingerprint density at radius 1 is 1.03 bits per heavy atom. The van der Waals surface area contributed by atoms with Crippen molar-refractivity contribution >= 4 is 27.7 Å². The van der Waals surface area contributed by atoms with E-state index in [1.807, 2.05) is 43.3 Å². The molecule has 0 aromatic heterocycles. The van der Waals surface area contributed by atoms with Crippen LogP contribution in [0.25, 0.3) is 6.08 Å². The number of nitrogens with zero attached hydrogens (tertiary/aromatic N) is 2. The lowest BCUT2D eigenvalue weighted by molar-refractivity contribution is -0.139. The van der Waals surface area contributed by atoms with E-state index < -0.39 is 9.84 Å². The monoisotopic (exact) mass is 454 g/mol. The number of likely N-dealkylation sites (tertiary alicyclic amines) is 1. The third kappa shape index (κ3) is 5.85. The van der Waals surface area contributed by atoms with E-state index in [9.17, 15) is 18.0 Å². The number of rotatable bonds is 6. The van der Waals surface area contributed by atoms with Gasteiger partial charge in [0.15, 0.2) is 9.84 Å². The molecule has 6 nitrogen and oxygen atoms in total. The Morgan fingerprint density at radius 2 is 1.62 bits per heavy atom. The summed E-state index contributed by atoms with van der Waals surface area (Å²) in [7, 11) is -1.47. The highest BCUT2D eigenvalue weighted by atomic mass is 32.2. The number of amides is 2. The quantitative estimate of drug-likeness (QED) is 0.626. The van der Waals surface area contributed by atoms with Crippen LogP contribution in [0.2, 0.25) is 0 Å². The van der Waals surface area contributed by atoms with Crippen molar-refractivity contribution in [2.24, 2.45) is 5.92 Å². The molecule has 32 heavy (non-hydrogen) atoms. The van der Waals surface area contributed by atoms with Gasteiger partial charge in [-0.15, -0.1) is 0 Å². The Morgan fingerprint density at radius 3 is 2.19 bits per heavy atom. The normalized spacial score (nSPS) is 16.2. The second kappa shape index (κ2) is 10.1. The molecule has 0 N–H and O–H groups in total. The van der Waals surface area contributed by atoms with Crippen molar-refractivity contribution < 1.29 is 18.0 Å². The van der Waals surface area contributed by atoms with Crippen LogP contribution in [0.1, 0.15) is 36.9 Å². The third-order valence-corrected chi connectivity index (χ3v) is 7.22. The van der Waals surface area contributed by atoms with Crippen LogP contribution in [0, 0.1) is 5.92 Å². The summed E-state index contributed by atoms with van der Waals surface area (Å²) in [5.74, 6) is -0.107. The summed E-state index contributed by atoms with van der Waals surface area (Å²) in [5, 5.41) is 0. The molecule has 1 atom stereocenters.